The predicted octanol–water partition coefficient (Wildman–Crippen LogP) is 4.58. The van der Waals surface area contributed by atoms with E-state index in [0.29, 0.717) is 37.3 Å². The third kappa shape index (κ3) is 4.07. The molecule has 0 aliphatic carbocycles. The summed E-state index contributed by atoms with van der Waals surface area (Å²) >= 11 is 4.29. The number of hydrogen-bond acceptors (Lipinski definition) is 6. The lowest BCUT2D eigenvalue weighted by Gasteiger charge is -2.04. The van der Waals surface area contributed by atoms with E-state index in [1.807, 2.05) is 0 Å². The minimum absolute atomic E-state index is 0.0461. The minimum Gasteiger partial charge on any atom is -0.479 e. The Bertz CT molecular complexity index is 1390. The number of aromatic carboxylic acids is 2. The molecule has 0 atom stereocenters. The lowest BCUT2D eigenvalue weighted by Crippen LogP contribution is -2.11. The van der Waals surface area contributed by atoms with E-state index in [9.17, 15) is 19.5 Å². The van der Waals surface area contributed by atoms with Gasteiger partial charge in [-0.25, -0.2) is 19.4 Å². The standard InChI is InChI=1S/C21H13BrN2O7S/c22-15-16(31-8-14(25)26)18(21(29)30)32-17(15)9-2-1-3-10(6-9)19-23-12-5-4-11(20(27)28)7-13(12)24-19/h1-7H,8H2,(H,23,24)(H,25,26)(H,27,28)(H,29,30). The van der Waals surface area contributed by atoms with Gasteiger partial charge in [0.25, 0.3) is 0 Å². The van der Waals surface area contributed by atoms with E-state index >= 15 is 0 Å². The molecule has 9 nitrogen and oxygen atoms in total. The van der Waals surface area contributed by atoms with Crippen molar-refractivity contribution in [1.29, 1.82) is 0 Å². The van der Waals surface area contributed by atoms with Crippen molar-refractivity contribution in [2.45, 2.75) is 0 Å². The van der Waals surface area contributed by atoms with E-state index in [0.717, 1.165) is 11.3 Å². The van der Waals surface area contributed by atoms with Crippen molar-refractivity contribution in [2.24, 2.45) is 0 Å². The molecule has 0 saturated heterocycles. The smallest absolute Gasteiger partial charge is 0.349 e. The summed E-state index contributed by atoms with van der Waals surface area (Å²) in [6, 6.07) is 11.7. The zero-order chi connectivity index (χ0) is 23.0. The number of imidazole rings is 1. The monoisotopic (exact) mass is 516 g/mol. The number of carboxylic acids is 3. The third-order valence-electron chi connectivity index (χ3n) is 4.47. The van der Waals surface area contributed by atoms with E-state index in [-0.39, 0.29) is 16.2 Å². The first kappa shape index (κ1) is 21.5. The van der Waals surface area contributed by atoms with Crippen LogP contribution < -0.4 is 4.74 Å². The maximum Gasteiger partial charge on any atom is 0.349 e. The second-order valence-electron chi connectivity index (χ2n) is 6.59. The van der Waals surface area contributed by atoms with Gasteiger partial charge in [0.05, 0.1) is 25.9 Å². The van der Waals surface area contributed by atoms with Gasteiger partial charge in [0.2, 0.25) is 0 Å². The Kier molecular flexibility index (Phi) is 5.68. The SMILES string of the molecule is O=C(O)COc1c(C(=O)O)sc(-c2cccc(-c3nc4ccc(C(=O)O)cc4[nH]3)c2)c1Br. The van der Waals surface area contributed by atoms with Crippen LogP contribution in [0, 0.1) is 0 Å². The predicted molar refractivity (Wildman–Crippen MR) is 120 cm³/mol. The van der Waals surface area contributed by atoms with Crippen molar-refractivity contribution in [2.75, 3.05) is 6.61 Å². The first-order valence-electron chi connectivity index (χ1n) is 8.98. The van der Waals surface area contributed by atoms with Crippen LogP contribution in [0.4, 0.5) is 0 Å². The number of halogens is 1. The van der Waals surface area contributed by atoms with Crippen LogP contribution in [0.2, 0.25) is 0 Å². The summed E-state index contributed by atoms with van der Waals surface area (Å²) in [6.07, 6.45) is 0. The number of nitrogens with zero attached hydrogens (tertiary/aromatic N) is 1. The van der Waals surface area contributed by atoms with Gasteiger partial charge in [-0.3, -0.25) is 0 Å². The topological polar surface area (TPSA) is 150 Å². The summed E-state index contributed by atoms with van der Waals surface area (Å²) in [5.41, 5.74) is 2.67. The molecular formula is C21H13BrN2O7S. The zero-order valence-electron chi connectivity index (χ0n) is 16.0. The van der Waals surface area contributed by atoms with E-state index in [1.54, 1.807) is 30.3 Å². The molecule has 11 heteroatoms. The molecular weight excluding hydrogens is 504 g/mol. The van der Waals surface area contributed by atoms with Crippen LogP contribution in [-0.4, -0.2) is 49.8 Å². The highest BCUT2D eigenvalue weighted by Gasteiger charge is 2.24. The highest BCUT2D eigenvalue weighted by atomic mass is 79.9. The number of hydrogen-bond donors (Lipinski definition) is 4. The molecule has 162 valence electrons. The van der Waals surface area contributed by atoms with E-state index in [2.05, 4.69) is 25.9 Å². The summed E-state index contributed by atoms with van der Waals surface area (Å²) in [6.45, 7) is -0.674. The van der Waals surface area contributed by atoms with Crippen molar-refractivity contribution >= 4 is 56.2 Å². The Hall–Kier alpha value is -3.70. The molecule has 32 heavy (non-hydrogen) atoms. The molecule has 4 rings (SSSR count). The van der Waals surface area contributed by atoms with E-state index < -0.39 is 24.5 Å². The van der Waals surface area contributed by atoms with E-state index in [4.69, 9.17) is 14.9 Å². The van der Waals surface area contributed by atoms with Gasteiger partial charge in [-0.1, -0.05) is 18.2 Å². The molecule has 0 radical (unpaired) electrons. The van der Waals surface area contributed by atoms with Crippen LogP contribution in [0.1, 0.15) is 20.0 Å². The number of carboxylic acid groups (broad SMARTS) is 3. The van der Waals surface area contributed by atoms with Crippen molar-refractivity contribution in [3.8, 4) is 27.6 Å². The molecule has 0 spiro atoms. The number of aromatic amines is 1. The molecule has 4 N–H and O–H groups in total. The number of H-pyrrole nitrogens is 1. The molecule has 0 saturated carbocycles. The maximum absolute atomic E-state index is 11.6. The molecule has 2 aromatic heterocycles. The van der Waals surface area contributed by atoms with Crippen LogP contribution in [0.5, 0.6) is 5.75 Å². The lowest BCUT2D eigenvalue weighted by atomic mass is 10.1. The van der Waals surface area contributed by atoms with Crippen LogP contribution in [0.25, 0.3) is 32.9 Å². The Labute approximate surface area is 192 Å². The molecule has 0 aliphatic rings. The van der Waals surface area contributed by atoms with Gasteiger partial charge in [-0.2, -0.15) is 0 Å². The fourth-order valence-corrected chi connectivity index (χ4v) is 4.96. The zero-order valence-corrected chi connectivity index (χ0v) is 18.4. The number of aliphatic carboxylic acids is 1. The molecule has 2 heterocycles. The molecule has 0 fully saturated rings. The number of carbonyl (C=O) groups is 3. The summed E-state index contributed by atoms with van der Waals surface area (Å²) in [5, 5.41) is 27.5. The highest BCUT2D eigenvalue weighted by molar-refractivity contribution is 9.10. The van der Waals surface area contributed by atoms with Crippen molar-refractivity contribution in [1.82, 2.24) is 9.97 Å². The summed E-state index contributed by atoms with van der Waals surface area (Å²) < 4.78 is 5.54. The molecule has 0 aliphatic heterocycles. The van der Waals surface area contributed by atoms with Crippen LogP contribution in [0.3, 0.4) is 0 Å². The van der Waals surface area contributed by atoms with Gasteiger partial charge < -0.3 is 25.0 Å². The van der Waals surface area contributed by atoms with Gasteiger partial charge in [-0.05, 0) is 45.8 Å². The molecule has 2 aromatic carbocycles. The second-order valence-corrected chi connectivity index (χ2v) is 8.41. The van der Waals surface area contributed by atoms with Crippen LogP contribution >= 0.6 is 27.3 Å². The Morgan fingerprint density at radius 2 is 1.78 bits per heavy atom. The van der Waals surface area contributed by atoms with Crippen LogP contribution in [0.15, 0.2) is 46.9 Å². The van der Waals surface area contributed by atoms with Crippen molar-refractivity contribution < 1.29 is 34.4 Å². The molecule has 0 unspecified atom stereocenters. The number of rotatable bonds is 7. The Morgan fingerprint density at radius 3 is 2.47 bits per heavy atom. The fraction of sp³-hybridized carbons (Fsp3) is 0.0476. The minimum atomic E-state index is -1.23. The number of fused-ring (bicyclic) bond motifs is 1. The van der Waals surface area contributed by atoms with Crippen molar-refractivity contribution in [3.63, 3.8) is 0 Å². The first-order chi connectivity index (χ1) is 15.2. The number of benzene rings is 2. The second kappa shape index (κ2) is 8.44. The molecule has 0 amide bonds. The molecule has 4 aromatic rings. The first-order valence-corrected chi connectivity index (χ1v) is 10.6. The average molecular weight is 517 g/mol. The normalized spacial score (nSPS) is 10.9. The van der Waals surface area contributed by atoms with Gasteiger partial charge in [-0.15, -0.1) is 11.3 Å². The third-order valence-corrected chi connectivity index (χ3v) is 6.70. The van der Waals surface area contributed by atoms with Gasteiger partial charge in [0.1, 0.15) is 5.82 Å². The van der Waals surface area contributed by atoms with Gasteiger partial charge in [0, 0.05) is 5.56 Å². The van der Waals surface area contributed by atoms with Gasteiger partial charge >= 0.3 is 17.9 Å². The maximum atomic E-state index is 11.6. The fourth-order valence-electron chi connectivity index (χ4n) is 3.07. The lowest BCUT2D eigenvalue weighted by molar-refractivity contribution is -0.139. The van der Waals surface area contributed by atoms with E-state index in [1.165, 1.54) is 12.1 Å². The number of aromatic nitrogens is 2. The number of nitrogens with one attached hydrogen (secondary N) is 1. The Morgan fingerprint density at radius 1 is 1.03 bits per heavy atom. The Balaban J connectivity index is 1.76. The van der Waals surface area contributed by atoms with Gasteiger partial charge in [0.15, 0.2) is 17.2 Å². The number of thiophene rings is 1. The van der Waals surface area contributed by atoms with Crippen molar-refractivity contribution in [3.05, 3.63) is 57.4 Å². The summed E-state index contributed by atoms with van der Waals surface area (Å²) in [4.78, 5) is 41.7. The molecule has 0 bridgehead atoms. The average Bonchev–Trinajstić information content (AvgIpc) is 3.33. The highest BCUT2D eigenvalue weighted by Crippen LogP contribution is 2.46. The summed E-state index contributed by atoms with van der Waals surface area (Å²) in [7, 11) is 0. The quantitative estimate of drug-likeness (QED) is 0.278. The van der Waals surface area contributed by atoms with Crippen LogP contribution in [-0.2, 0) is 4.79 Å². The number of ether oxygens (including phenoxy) is 1. The summed E-state index contributed by atoms with van der Waals surface area (Å²) in [5.74, 6) is -3.03. The largest absolute Gasteiger partial charge is 0.479 e.